The molecule has 1 aliphatic carbocycles. The average Bonchev–Trinajstić information content (AvgIpc) is 2.33. The summed E-state index contributed by atoms with van der Waals surface area (Å²) in [6.07, 6.45) is 6.66. The van der Waals surface area contributed by atoms with E-state index in [1.807, 2.05) is 0 Å². The van der Waals surface area contributed by atoms with Gasteiger partial charge in [-0.2, -0.15) is 0 Å². The lowest BCUT2D eigenvalue weighted by molar-refractivity contribution is -0.386. The van der Waals surface area contributed by atoms with E-state index in [4.69, 9.17) is 22.1 Å². The summed E-state index contributed by atoms with van der Waals surface area (Å²) in [5.41, 5.74) is 5.68. The number of nitrogens with zero attached hydrogens (tertiary/aromatic N) is 1. The number of hydrogen-bond donors (Lipinski definition) is 1. The maximum absolute atomic E-state index is 10.9. The number of halogens is 1. The molecule has 1 aromatic rings. The predicted octanol–water partition coefficient (Wildman–Crippen LogP) is 2.36. The second-order valence-electron chi connectivity index (χ2n) is 3.79. The number of nitrogens with two attached hydrogens (primary N) is 1. The quantitative estimate of drug-likeness (QED) is 0.517. The molecule has 2 atom stereocenters. The summed E-state index contributed by atoms with van der Waals surface area (Å²) >= 11 is 6.23. The van der Waals surface area contributed by atoms with Gasteiger partial charge in [0.25, 0.3) is 0 Å². The molecular formula is C12H11ClN2O3. The van der Waals surface area contributed by atoms with Crippen molar-refractivity contribution >= 4 is 17.3 Å². The van der Waals surface area contributed by atoms with Gasteiger partial charge < -0.3 is 10.5 Å². The predicted molar refractivity (Wildman–Crippen MR) is 68.6 cm³/mol. The van der Waals surface area contributed by atoms with Gasteiger partial charge in [-0.3, -0.25) is 10.1 Å². The Bertz CT molecular complexity index is 530. The van der Waals surface area contributed by atoms with Crippen LogP contribution in [-0.4, -0.2) is 16.0 Å². The molecule has 0 aliphatic heterocycles. The summed E-state index contributed by atoms with van der Waals surface area (Å²) < 4.78 is 5.51. The lowest BCUT2D eigenvalue weighted by Gasteiger charge is -2.30. The van der Waals surface area contributed by atoms with Gasteiger partial charge in [0.05, 0.1) is 11.0 Å². The highest BCUT2D eigenvalue weighted by atomic mass is 35.5. The van der Waals surface area contributed by atoms with Crippen molar-refractivity contribution in [3.8, 4) is 5.75 Å². The number of allylic oxidation sites excluding steroid dienone is 2. The first-order chi connectivity index (χ1) is 8.53. The number of hydrogen-bond acceptors (Lipinski definition) is 4. The number of nitro benzene ring substituents is 1. The van der Waals surface area contributed by atoms with Gasteiger partial charge in [0.15, 0.2) is 5.75 Å². The van der Waals surface area contributed by atoms with Gasteiger partial charge in [-0.1, -0.05) is 42.0 Å². The molecule has 0 heterocycles. The third-order valence-corrected chi connectivity index (χ3v) is 2.99. The molecule has 6 heteroatoms. The van der Waals surface area contributed by atoms with E-state index in [-0.39, 0.29) is 11.4 Å². The van der Waals surface area contributed by atoms with Gasteiger partial charge in [-0.25, -0.2) is 0 Å². The lowest BCUT2D eigenvalue weighted by Crippen LogP contribution is -2.46. The molecule has 1 aromatic carbocycles. The molecular weight excluding hydrogens is 256 g/mol. The smallest absolute Gasteiger partial charge is 0.311 e. The fourth-order valence-corrected chi connectivity index (χ4v) is 1.81. The maximum atomic E-state index is 10.9. The molecule has 5 nitrogen and oxygen atoms in total. The van der Waals surface area contributed by atoms with Gasteiger partial charge in [0.2, 0.25) is 5.06 Å². The van der Waals surface area contributed by atoms with E-state index >= 15 is 0 Å². The normalized spacial score (nSPS) is 26.0. The van der Waals surface area contributed by atoms with E-state index in [0.717, 1.165) is 0 Å². The summed E-state index contributed by atoms with van der Waals surface area (Å²) in [6.45, 7) is 0. The highest BCUT2D eigenvalue weighted by molar-refractivity contribution is 6.25. The first kappa shape index (κ1) is 12.6. The molecule has 0 radical (unpaired) electrons. The summed E-state index contributed by atoms with van der Waals surface area (Å²) in [7, 11) is 0. The highest BCUT2D eigenvalue weighted by Gasteiger charge is 2.36. The first-order valence-corrected chi connectivity index (χ1v) is 5.64. The molecule has 0 saturated carbocycles. The number of alkyl halides is 1. The van der Waals surface area contributed by atoms with Crippen LogP contribution < -0.4 is 10.5 Å². The molecule has 2 unspecified atom stereocenters. The van der Waals surface area contributed by atoms with Crippen molar-refractivity contribution in [2.24, 2.45) is 5.73 Å². The number of rotatable bonds is 3. The number of ether oxygens (including phenoxy) is 1. The lowest BCUT2D eigenvalue weighted by atomic mass is 10.1. The van der Waals surface area contributed by atoms with E-state index in [1.54, 1.807) is 36.4 Å². The van der Waals surface area contributed by atoms with Gasteiger partial charge in [0, 0.05) is 6.07 Å². The molecule has 2 N–H and O–H groups in total. The van der Waals surface area contributed by atoms with Crippen LogP contribution in [0.15, 0.2) is 48.6 Å². The molecule has 0 fully saturated rings. The number of para-hydroxylation sites is 2. The zero-order valence-electron chi connectivity index (χ0n) is 9.32. The van der Waals surface area contributed by atoms with Crippen LogP contribution in [0, 0.1) is 10.1 Å². The monoisotopic (exact) mass is 266 g/mol. The van der Waals surface area contributed by atoms with Crippen molar-refractivity contribution < 1.29 is 9.66 Å². The summed E-state index contributed by atoms with van der Waals surface area (Å²) in [5, 5.41) is 9.56. The average molecular weight is 267 g/mol. The van der Waals surface area contributed by atoms with Crippen molar-refractivity contribution in [2.75, 3.05) is 0 Å². The van der Waals surface area contributed by atoms with E-state index < -0.39 is 16.0 Å². The molecule has 2 rings (SSSR count). The van der Waals surface area contributed by atoms with Gasteiger partial charge in [-0.15, -0.1) is 0 Å². The van der Waals surface area contributed by atoms with Crippen molar-refractivity contribution in [3.63, 3.8) is 0 Å². The van der Waals surface area contributed by atoms with Gasteiger partial charge in [0.1, 0.15) is 0 Å². The number of benzene rings is 1. The first-order valence-electron chi connectivity index (χ1n) is 5.26. The fourth-order valence-electron chi connectivity index (χ4n) is 1.58. The van der Waals surface area contributed by atoms with Crippen LogP contribution in [0.25, 0.3) is 0 Å². The van der Waals surface area contributed by atoms with Gasteiger partial charge in [-0.05, 0) is 12.1 Å². The number of nitro groups is 1. The Balaban J connectivity index is 2.32. The summed E-state index contributed by atoms with van der Waals surface area (Å²) in [4.78, 5) is 10.3. The molecule has 0 amide bonds. The zero-order valence-corrected chi connectivity index (χ0v) is 10.1. The van der Waals surface area contributed by atoms with Gasteiger partial charge >= 0.3 is 5.69 Å². The van der Waals surface area contributed by atoms with Crippen molar-refractivity contribution in [1.29, 1.82) is 0 Å². The molecule has 1 aliphatic rings. The Hall–Kier alpha value is -1.85. The Morgan fingerprint density at radius 2 is 2.11 bits per heavy atom. The molecule has 0 bridgehead atoms. The second-order valence-corrected chi connectivity index (χ2v) is 4.39. The minimum atomic E-state index is -1.30. The van der Waals surface area contributed by atoms with Crippen LogP contribution in [0.5, 0.6) is 5.75 Å². The summed E-state index contributed by atoms with van der Waals surface area (Å²) in [6, 6.07) is 5.45. The van der Waals surface area contributed by atoms with Crippen molar-refractivity contribution in [2.45, 2.75) is 11.1 Å². The molecule has 0 saturated heterocycles. The summed E-state index contributed by atoms with van der Waals surface area (Å²) in [5.74, 6) is 0.0906. The Morgan fingerprint density at radius 3 is 2.78 bits per heavy atom. The standard InChI is InChI=1S/C12H11ClN2O3/c13-12(8-4-3-7-11(12)14)18-10-6-2-1-5-9(10)15(16)17/h1-8,11H,14H2. The van der Waals surface area contributed by atoms with Crippen LogP contribution in [0.1, 0.15) is 0 Å². The Kier molecular flexibility index (Phi) is 3.36. The largest absolute Gasteiger partial charge is 0.459 e. The Morgan fingerprint density at radius 1 is 1.39 bits per heavy atom. The van der Waals surface area contributed by atoms with Crippen LogP contribution in [-0.2, 0) is 0 Å². The van der Waals surface area contributed by atoms with Crippen LogP contribution in [0.3, 0.4) is 0 Å². The van der Waals surface area contributed by atoms with Crippen LogP contribution >= 0.6 is 11.6 Å². The van der Waals surface area contributed by atoms with Crippen molar-refractivity contribution in [3.05, 3.63) is 58.7 Å². The highest BCUT2D eigenvalue weighted by Crippen LogP contribution is 2.34. The minimum absolute atomic E-state index is 0.0906. The molecule has 18 heavy (non-hydrogen) atoms. The second kappa shape index (κ2) is 4.80. The van der Waals surface area contributed by atoms with E-state index in [1.165, 1.54) is 12.1 Å². The molecule has 0 aromatic heterocycles. The SMILES string of the molecule is NC1C=CC=CC1(Cl)Oc1ccccc1[N+](=O)[O-]. The maximum Gasteiger partial charge on any atom is 0.311 e. The third-order valence-electron chi connectivity index (χ3n) is 2.54. The van der Waals surface area contributed by atoms with E-state index in [0.29, 0.717) is 0 Å². The topological polar surface area (TPSA) is 78.4 Å². The molecule has 0 spiro atoms. The zero-order chi connectivity index (χ0) is 13.2. The van der Waals surface area contributed by atoms with Crippen LogP contribution in [0.2, 0.25) is 0 Å². The molecule has 94 valence electrons. The third kappa shape index (κ3) is 2.37. The fraction of sp³-hybridized carbons (Fsp3) is 0.167. The van der Waals surface area contributed by atoms with E-state index in [2.05, 4.69) is 0 Å². The van der Waals surface area contributed by atoms with Crippen LogP contribution in [0.4, 0.5) is 5.69 Å². The Labute approximate surface area is 109 Å². The van der Waals surface area contributed by atoms with Crippen molar-refractivity contribution in [1.82, 2.24) is 0 Å². The van der Waals surface area contributed by atoms with E-state index in [9.17, 15) is 10.1 Å². The minimum Gasteiger partial charge on any atom is -0.459 e.